The Morgan fingerprint density at radius 1 is 1.38 bits per heavy atom. The van der Waals surface area contributed by atoms with Gasteiger partial charge in [0.05, 0.1) is 10.9 Å². The number of anilines is 1. The van der Waals surface area contributed by atoms with E-state index in [-0.39, 0.29) is 11.6 Å². The summed E-state index contributed by atoms with van der Waals surface area (Å²) >= 11 is 3.41. The zero-order valence-electron chi connectivity index (χ0n) is 14.0. The highest BCUT2D eigenvalue weighted by molar-refractivity contribution is 9.10. The van der Waals surface area contributed by atoms with Crippen LogP contribution in [0, 0.1) is 0 Å². The number of fused-ring (bicyclic) bond motifs is 1. The fraction of sp³-hybridized carbons (Fsp3) is 0.231. The Hall–Kier alpha value is -2.22. The molecular formula is C13H13BrN6O. The summed E-state index contributed by atoms with van der Waals surface area (Å²) < 4.78 is 29.4. The molecule has 2 heterocycles. The molecule has 3 rings (SSSR count). The summed E-state index contributed by atoms with van der Waals surface area (Å²) in [4.78, 5) is 12.2. The van der Waals surface area contributed by atoms with Crippen molar-refractivity contribution in [1.82, 2.24) is 24.7 Å². The van der Waals surface area contributed by atoms with E-state index in [0.29, 0.717) is 16.7 Å². The minimum Gasteiger partial charge on any atom is -0.482 e. The molecule has 0 amide bonds. The Bertz CT molecular complexity index is 897. The zero-order chi connectivity index (χ0) is 17.5. The lowest BCUT2D eigenvalue weighted by Crippen LogP contribution is -2.07. The first-order valence-electron chi connectivity index (χ1n) is 7.55. The maximum atomic E-state index is 7.32. The zero-order valence-corrected chi connectivity index (χ0v) is 12.6. The number of nitrogen functional groups attached to an aromatic ring is 1. The highest BCUT2D eigenvalue weighted by atomic mass is 79.9. The van der Waals surface area contributed by atoms with Crippen LogP contribution in [-0.4, -0.2) is 24.7 Å². The van der Waals surface area contributed by atoms with Gasteiger partial charge in [0.2, 0.25) is 0 Å². The smallest absolute Gasteiger partial charge is 0.191 e. The van der Waals surface area contributed by atoms with Gasteiger partial charge in [-0.2, -0.15) is 5.10 Å². The van der Waals surface area contributed by atoms with Gasteiger partial charge in [-0.1, -0.05) is 0 Å². The van der Waals surface area contributed by atoms with E-state index in [1.807, 2.05) is 0 Å². The van der Waals surface area contributed by atoms with Gasteiger partial charge in [0.15, 0.2) is 11.9 Å². The molecule has 0 saturated heterocycles. The minimum absolute atomic E-state index is 0.248. The SMILES string of the molecule is [2H]C([2H])([2H])n1cnc(C(C)Oc2ccc(Br)c3ncnc(N)c23)n1. The van der Waals surface area contributed by atoms with Gasteiger partial charge in [-0.15, -0.1) is 0 Å². The lowest BCUT2D eigenvalue weighted by atomic mass is 10.2. The van der Waals surface area contributed by atoms with Gasteiger partial charge in [0.1, 0.15) is 24.2 Å². The van der Waals surface area contributed by atoms with E-state index in [4.69, 9.17) is 14.6 Å². The summed E-state index contributed by atoms with van der Waals surface area (Å²) in [5, 5.41) is 4.51. The van der Waals surface area contributed by atoms with Crippen molar-refractivity contribution in [2.45, 2.75) is 13.0 Å². The molecule has 21 heavy (non-hydrogen) atoms. The Morgan fingerprint density at radius 2 is 2.24 bits per heavy atom. The molecule has 0 radical (unpaired) electrons. The van der Waals surface area contributed by atoms with Crippen LogP contribution in [0.15, 0.2) is 29.3 Å². The van der Waals surface area contributed by atoms with Crippen LogP contribution in [0.2, 0.25) is 0 Å². The number of ether oxygens (including phenoxy) is 1. The monoisotopic (exact) mass is 351 g/mol. The number of rotatable bonds is 3. The number of benzene rings is 1. The third kappa shape index (κ3) is 2.54. The second-order valence-electron chi connectivity index (χ2n) is 4.34. The predicted molar refractivity (Wildman–Crippen MR) is 81.7 cm³/mol. The predicted octanol–water partition coefficient (Wildman–Crippen LogP) is 2.24. The van der Waals surface area contributed by atoms with Crippen LogP contribution in [0.4, 0.5) is 5.82 Å². The number of aryl methyl sites for hydroxylation is 1. The van der Waals surface area contributed by atoms with Gasteiger partial charge in [0, 0.05) is 15.6 Å². The van der Waals surface area contributed by atoms with Crippen LogP contribution in [0.25, 0.3) is 10.9 Å². The summed E-state index contributed by atoms with van der Waals surface area (Å²) in [5.41, 5.74) is 6.56. The number of hydrogen-bond donors (Lipinski definition) is 1. The maximum absolute atomic E-state index is 7.32. The lowest BCUT2D eigenvalue weighted by Gasteiger charge is -2.14. The van der Waals surface area contributed by atoms with Crippen LogP contribution >= 0.6 is 15.9 Å². The van der Waals surface area contributed by atoms with Gasteiger partial charge in [-0.3, -0.25) is 4.68 Å². The van der Waals surface area contributed by atoms with E-state index < -0.39 is 13.1 Å². The molecule has 0 fully saturated rings. The van der Waals surface area contributed by atoms with E-state index in [1.165, 1.54) is 6.33 Å². The van der Waals surface area contributed by atoms with Crippen LogP contribution in [0.3, 0.4) is 0 Å². The number of aromatic nitrogens is 5. The molecule has 0 aliphatic carbocycles. The summed E-state index contributed by atoms with van der Waals surface area (Å²) in [6.45, 7) is -0.666. The molecule has 1 unspecified atom stereocenters. The van der Waals surface area contributed by atoms with E-state index >= 15 is 0 Å². The first-order valence-corrected chi connectivity index (χ1v) is 6.84. The molecule has 0 bridgehead atoms. The van der Waals surface area contributed by atoms with Gasteiger partial charge in [0.25, 0.3) is 0 Å². The largest absolute Gasteiger partial charge is 0.482 e. The maximum Gasteiger partial charge on any atom is 0.191 e. The fourth-order valence-corrected chi connectivity index (χ4v) is 2.37. The third-order valence-electron chi connectivity index (χ3n) is 2.91. The average Bonchev–Trinajstić information content (AvgIpc) is 3.00. The topological polar surface area (TPSA) is 91.7 Å². The van der Waals surface area contributed by atoms with E-state index in [9.17, 15) is 0 Å². The first-order chi connectivity index (χ1) is 11.3. The molecule has 2 N–H and O–H groups in total. The standard InChI is InChI=1S/C13H13BrN6O/c1-7(13-18-6-20(2)19-13)21-9-4-3-8(14)11-10(9)12(15)17-5-16-11/h3-7H,1-2H3,(H2,15,16,17)/i2D3. The van der Waals surface area contributed by atoms with Crippen molar-refractivity contribution in [2.75, 3.05) is 5.73 Å². The third-order valence-corrected chi connectivity index (χ3v) is 3.55. The van der Waals surface area contributed by atoms with E-state index in [0.717, 1.165) is 15.5 Å². The summed E-state index contributed by atoms with van der Waals surface area (Å²) in [5.74, 6) is 0.992. The molecule has 0 aliphatic heterocycles. The Labute approximate surface area is 133 Å². The average molecular weight is 352 g/mol. The van der Waals surface area contributed by atoms with Crippen LogP contribution in [0.5, 0.6) is 5.75 Å². The summed E-state index contributed by atoms with van der Waals surface area (Å²) in [6.07, 6.45) is 1.94. The van der Waals surface area contributed by atoms with Crippen LogP contribution in [-0.2, 0) is 6.98 Å². The van der Waals surface area contributed by atoms with Crippen molar-refractivity contribution < 1.29 is 8.85 Å². The Morgan fingerprint density at radius 3 is 3.00 bits per heavy atom. The number of hydrogen-bond acceptors (Lipinski definition) is 6. The van der Waals surface area contributed by atoms with Crippen LogP contribution in [0.1, 0.15) is 23.0 Å². The van der Waals surface area contributed by atoms with E-state index in [1.54, 1.807) is 19.1 Å². The Kier molecular flexibility index (Phi) is 2.64. The molecule has 2 aromatic heterocycles. The number of nitrogens with two attached hydrogens (primary N) is 1. The summed E-state index contributed by atoms with van der Waals surface area (Å²) in [6, 6.07) is 3.51. The molecule has 8 heteroatoms. The minimum atomic E-state index is -2.38. The molecule has 108 valence electrons. The van der Waals surface area contributed by atoms with Crippen molar-refractivity contribution in [3.8, 4) is 5.75 Å². The van der Waals surface area contributed by atoms with Gasteiger partial charge in [-0.25, -0.2) is 15.0 Å². The first kappa shape index (κ1) is 10.5. The molecule has 0 aliphatic rings. The van der Waals surface area contributed by atoms with Gasteiger partial charge in [-0.05, 0) is 35.0 Å². The molecular weight excluding hydrogens is 336 g/mol. The molecule has 7 nitrogen and oxygen atoms in total. The number of nitrogens with zero attached hydrogens (tertiary/aromatic N) is 5. The van der Waals surface area contributed by atoms with Crippen molar-refractivity contribution >= 4 is 32.7 Å². The van der Waals surface area contributed by atoms with Crippen molar-refractivity contribution in [3.63, 3.8) is 0 Å². The Balaban J connectivity index is 1.95. The molecule has 1 aromatic carbocycles. The second-order valence-corrected chi connectivity index (χ2v) is 5.19. The number of halogens is 1. The molecule has 0 spiro atoms. The summed E-state index contributed by atoms with van der Waals surface area (Å²) in [7, 11) is 0. The van der Waals surface area contributed by atoms with Crippen LogP contribution < -0.4 is 10.5 Å². The lowest BCUT2D eigenvalue weighted by molar-refractivity contribution is 0.219. The quantitative estimate of drug-likeness (QED) is 0.777. The highest BCUT2D eigenvalue weighted by Crippen LogP contribution is 2.34. The van der Waals surface area contributed by atoms with Gasteiger partial charge < -0.3 is 10.5 Å². The van der Waals surface area contributed by atoms with Crippen molar-refractivity contribution in [3.05, 3.63) is 35.1 Å². The van der Waals surface area contributed by atoms with E-state index in [2.05, 4.69) is 36.0 Å². The second kappa shape index (κ2) is 5.28. The normalized spacial score (nSPS) is 15.2. The van der Waals surface area contributed by atoms with Crippen molar-refractivity contribution in [1.29, 1.82) is 0 Å². The molecule has 3 aromatic rings. The molecule has 1 atom stereocenters. The van der Waals surface area contributed by atoms with Crippen molar-refractivity contribution in [2.24, 2.45) is 6.98 Å². The fourth-order valence-electron chi connectivity index (χ4n) is 1.94. The highest BCUT2D eigenvalue weighted by Gasteiger charge is 2.16. The van der Waals surface area contributed by atoms with Gasteiger partial charge >= 0.3 is 0 Å². The molecule has 0 saturated carbocycles.